The second-order valence-corrected chi connectivity index (χ2v) is 12.6. The molecule has 1 heteroatoms. The summed E-state index contributed by atoms with van der Waals surface area (Å²) in [6.07, 6.45) is 0. The summed E-state index contributed by atoms with van der Waals surface area (Å²) in [6.45, 7) is 0. The van der Waals surface area contributed by atoms with E-state index in [-0.39, 0.29) is 0 Å². The summed E-state index contributed by atoms with van der Waals surface area (Å²) in [5.41, 5.74) is 11.0. The van der Waals surface area contributed by atoms with Gasteiger partial charge in [-0.1, -0.05) is 127 Å². The van der Waals surface area contributed by atoms with Crippen molar-refractivity contribution in [3.05, 3.63) is 176 Å². The van der Waals surface area contributed by atoms with Gasteiger partial charge in [0.25, 0.3) is 0 Å². The normalized spacial score (nSPS) is 11.8. The fourth-order valence-corrected chi connectivity index (χ4v) is 7.72. The Kier molecular flexibility index (Phi) is 5.64. The van der Waals surface area contributed by atoms with E-state index in [0.717, 1.165) is 0 Å². The summed E-state index contributed by atoms with van der Waals surface area (Å²) in [5.74, 6) is 0. The molecule has 218 valence electrons. The first-order valence-electron chi connectivity index (χ1n) is 16.3. The van der Waals surface area contributed by atoms with E-state index in [1.165, 1.54) is 93.2 Å². The third-order valence-corrected chi connectivity index (χ3v) is 9.87. The van der Waals surface area contributed by atoms with E-state index in [1.807, 2.05) is 0 Å². The standard InChI is InChI=1S/C46H29N/c1-4-11-30(12-5-1)36-25-37(31-13-6-2-7-14-31)27-38(26-36)34-22-24-43-41(28-34)42-29-35-20-19-32-15-10-16-33-21-23-40(45(35)44(32)33)46(42)47(43)39-17-8-3-9-18-39/h1-29H. The van der Waals surface area contributed by atoms with Crippen molar-refractivity contribution in [2.24, 2.45) is 0 Å². The number of hydrogen-bond donors (Lipinski definition) is 0. The summed E-state index contributed by atoms with van der Waals surface area (Å²) in [7, 11) is 0. The molecule has 0 unspecified atom stereocenters. The first kappa shape index (κ1) is 26.1. The second-order valence-electron chi connectivity index (χ2n) is 12.6. The Labute approximate surface area is 272 Å². The molecule has 1 heterocycles. The molecule has 0 radical (unpaired) electrons. The van der Waals surface area contributed by atoms with Crippen LogP contribution in [0.5, 0.6) is 0 Å². The van der Waals surface area contributed by atoms with Gasteiger partial charge in [0.15, 0.2) is 0 Å². The predicted molar refractivity (Wildman–Crippen MR) is 201 cm³/mol. The highest BCUT2D eigenvalue weighted by Crippen LogP contribution is 2.44. The summed E-state index contributed by atoms with van der Waals surface area (Å²) < 4.78 is 2.47. The molecule has 47 heavy (non-hydrogen) atoms. The van der Waals surface area contributed by atoms with Gasteiger partial charge >= 0.3 is 0 Å². The van der Waals surface area contributed by atoms with Crippen LogP contribution in [0.3, 0.4) is 0 Å². The second kappa shape index (κ2) is 10.2. The van der Waals surface area contributed by atoms with Crippen molar-refractivity contribution in [2.45, 2.75) is 0 Å². The Morgan fingerprint density at radius 1 is 0.298 bits per heavy atom. The molecule has 0 N–H and O–H groups in total. The lowest BCUT2D eigenvalue weighted by atomic mass is 9.91. The number of hydrogen-bond acceptors (Lipinski definition) is 0. The van der Waals surface area contributed by atoms with Crippen molar-refractivity contribution in [2.75, 3.05) is 0 Å². The van der Waals surface area contributed by atoms with Gasteiger partial charge in [-0.15, -0.1) is 0 Å². The monoisotopic (exact) mass is 595 g/mol. The van der Waals surface area contributed by atoms with Crippen molar-refractivity contribution < 1.29 is 0 Å². The first-order valence-corrected chi connectivity index (χ1v) is 16.3. The van der Waals surface area contributed by atoms with Crippen LogP contribution in [-0.2, 0) is 0 Å². The van der Waals surface area contributed by atoms with Gasteiger partial charge in [-0.05, 0) is 109 Å². The quantitative estimate of drug-likeness (QED) is 0.178. The summed E-state index contributed by atoms with van der Waals surface area (Å²) >= 11 is 0. The highest BCUT2D eigenvalue weighted by atomic mass is 15.0. The number of para-hydroxylation sites is 1. The number of rotatable bonds is 4. The van der Waals surface area contributed by atoms with Gasteiger partial charge in [-0.25, -0.2) is 0 Å². The molecular weight excluding hydrogens is 567 g/mol. The van der Waals surface area contributed by atoms with Crippen LogP contribution in [0, 0.1) is 0 Å². The van der Waals surface area contributed by atoms with Crippen molar-refractivity contribution in [1.29, 1.82) is 0 Å². The zero-order valence-corrected chi connectivity index (χ0v) is 25.7. The minimum atomic E-state index is 1.17. The van der Waals surface area contributed by atoms with Crippen LogP contribution in [0.4, 0.5) is 0 Å². The SMILES string of the molecule is c1ccc(-c2cc(-c3ccccc3)cc(-c3ccc4c(c3)c3cc5ccc6cccc7ccc(c5c67)c3n4-c3ccccc3)c2)cc1. The molecule has 0 saturated carbocycles. The van der Waals surface area contributed by atoms with E-state index in [9.17, 15) is 0 Å². The minimum Gasteiger partial charge on any atom is -0.309 e. The van der Waals surface area contributed by atoms with Crippen LogP contribution in [0.2, 0.25) is 0 Å². The smallest absolute Gasteiger partial charge is 0.0620 e. The third kappa shape index (κ3) is 4.03. The van der Waals surface area contributed by atoms with Gasteiger partial charge in [0.05, 0.1) is 11.0 Å². The van der Waals surface area contributed by atoms with Crippen LogP contribution < -0.4 is 0 Å². The van der Waals surface area contributed by atoms with Gasteiger partial charge in [-0.2, -0.15) is 0 Å². The van der Waals surface area contributed by atoms with Gasteiger partial charge in [0, 0.05) is 21.8 Å². The molecule has 0 bridgehead atoms. The van der Waals surface area contributed by atoms with Gasteiger partial charge in [0.1, 0.15) is 0 Å². The largest absolute Gasteiger partial charge is 0.309 e. The van der Waals surface area contributed by atoms with E-state index in [4.69, 9.17) is 0 Å². The summed E-state index contributed by atoms with van der Waals surface area (Å²) in [6, 6.07) is 64.5. The maximum atomic E-state index is 2.47. The Hall–Kier alpha value is -6.18. The molecule has 0 amide bonds. The van der Waals surface area contributed by atoms with Crippen molar-refractivity contribution >= 4 is 54.1 Å². The van der Waals surface area contributed by atoms with E-state index < -0.39 is 0 Å². The molecule has 10 rings (SSSR count). The van der Waals surface area contributed by atoms with Gasteiger partial charge < -0.3 is 4.57 Å². The van der Waals surface area contributed by atoms with Crippen LogP contribution in [0.25, 0.3) is 93.2 Å². The number of aromatic nitrogens is 1. The fraction of sp³-hybridized carbons (Fsp3) is 0. The predicted octanol–water partition coefficient (Wildman–Crippen LogP) is 12.7. The molecule has 0 aliphatic rings. The Morgan fingerprint density at radius 2 is 0.872 bits per heavy atom. The van der Waals surface area contributed by atoms with Crippen LogP contribution in [0.1, 0.15) is 0 Å². The molecule has 0 spiro atoms. The summed E-state index contributed by atoms with van der Waals surface area (Å²) in [4.78, 5) is 0. The number of fused-ring (bicyclic) bond motifs is 4. The van der Waals surface area contributed by atoms with Crippen molar-refractivity contribution in [3.63, 3.8) is 0 Å². The lowest BCUT2D eigenvalue weighted by Crippen LogP contribution is -1.94. The molecule has 0 aliphatic heterocycles. The molecule has 0 atom stereocenters. The highest BCUT2D eigenvalue weighted by Gasteiger charge is 2.19. The average Bonchev–Trinajstić information content (AvgIpc) is 3.48. The van der Waals surface area contributed by atoms with Crippen molar-refractivity contribution in [3.8, 4) is 39.1 Å². The maximum Gasteiger partial charge on any atom is 0.0620 e. The molecule has 1 aromatic heterocycles. The lowest BCUT2D eigenvalue weighted by molar-refractivity contribution is 1.19. The third-order valence-electron chi connectivity index (χ3n) is 9.87. The average molecular weight is 596 g/mol. The summed E-state index contributed by atoms with van der Waals surface area (Å²) in [5, 5.41) is 10.4. The number of nitrogens with zero attached hydrogens (tertiary/aromatic N) is 1. The molecule has 0 fully saturated rings. The molecule has 0 aliphatic carbocycles. The topological polar surface area (TPSA) is 4.93 Å². The number of benzene rings is 9. The van der Waals surface area contributed by atoms with Crippen molar-refractivity contribution in [1.82, 2.24) is 4.57 Å². The Balaban J connectivity index is 1.29. The maximum absolute atomic E-state index is 2.47. The molecule has 9 aromatic carbocycles. The first-order chi connectivity index (χ1) is 23.3. The van der Waals surface area contributed by atoms with E-state index >= 15 is 0 Å². The van der Waals surface area contributed by atoms with E-state index in [0.29, 0.717) is 0 Å². The Bertz CT molecular complexity index is 2680. The van der Waals surface area contributed by atoms with Gasteiger partial charge in [-0.3, -0.25) is 0 Å². The zero-order valence-electron chi connectivity index (χ0n) is 25.7. The highest BCUT2D eigenvalue weighted by molar-refractivity contribution is 6.31. The lowest BCUT2D eigenvalue weighted by Gasteiger charge is -2.14. The van der Waals surface area contributed by atoms with Crippen LogP contribution >= 0.6 is 0 Å². The molecular formula is C46H29N. The van der Waals surface area contributed by atoms with E-state index in [2.05, 4.69) is 180 Å². The Morgan fingerprint density at radius 3 is 1.53 bits per heavy atom. The fourth-order valence-electron chi connectivity index (χ4n) is 7.72. The minimum absolute atomic E-state index is 1.17. The molecule has 1 nitrogen and oxygen atoms in total. The molecule has 0 saturated heterocycles. The van der Waals surface area contributed by atoms with Crippen LogP contribution in [0.15, 0.2) is 176 Å². The van der Waals surface area contributed by atoms with Crippen LogP contribution in [-0.4, -0.2) is 4.57 Å². The molecule has 10 aromatic rings. The zero-order chi connectivity index (χ0) is 30.9. The van der Waals surface area contributed by atoms with E-state index in [1.54, 1.807) is 0 Å². The van der Waals surface area contributed by atoms with Gasteiger partial charge in [0.2, 0.25) is 0 Å².